The number of para-hydroxylation sites is 2. The summed E-state index contributed by atoms with van der Waals surface area (Å²) in [6, 6.07) is 13.8. The molecule has 3 nitrogen and oxygen atoms in total. The number of hydrogen-bond donors (Lipinski definition) is 1. The monoisotopic (exact) mass is 276 g/mol. The molecule has 0 fully saturated rings. The Morgan fingerprint density at radius 3 is 1.81 bits per heavy atom. The van der Waals surface area contributed by atoms with Crippen molar-refractivity contribution in [2.24, 2.45) is 0 Å². The van der Waals surface area contributed by atoms with Crippen LogP contribution in [0.1, 0.15) is 0 Å². The Morgan fingerprint density at radius 2 is 1.31 bits per heavy atom. The van der Waals surface area contributed by atoms with Gasteiger partial charge in [-0.05, 0) is 0 Å². The number of rotatable bonds is 0. The van der Waals surface area contributed by atoms with Crippen LogP contribution in [0.5, 0.6) is 11.5 Å². The van der Waals surface area contributed by atoms with E-state index >= 15 is 0 Å². The third-order valence-corrected chi connectivity index (χ3v) is 6.89. The van der Waals surface area contributed by atoms with Crippen LogP contribution in [0.2, 0.25) is 0 Å². The summed E-state index contributed by atoms with van der Waals surface area (Å²) in [6.07, 6.45) is 0. The molecule has 1 N–H and O–H groups in total. The number of hydrogen-bond acceptors (Lipinski definition) is 2. The van der Waals surface area contributed by atoms with Crippen LogP contribution < -0.4 is 13.4 Å². The average molecular weight is 276 g/mol. The molecule has 3 rings (SSSR count). The third kappa shape index (κ3) is 1.26. The van der Waals surface area contributed by atoms with Gasteiger partial charge in [0.25, 0.3) is 0 Å². The van der Waals surface area contributed by atoms with Crippen LogP contribution in [0.25, 0.3) is 0 Å². The molecule has 2 aromatic carbocycles. The van der Waals surface area contributed by atoms with Gasteiger partial charge in [0, 0.05) is 0 Å². The third-order valence-electron chi connectivity index (χ3n) is 2.60. The first-order valence-electron chi connectivity index (χ1n) is 4.89. The van der Waals surface area contributed by atoms with Crippen LogP contribution in [0.15, 0.2) is 48.5 Å². The van der Waals surface area contributed by atoms with Gasteiger partial charge in [0.1, 0.15) is 0 Å². The van der Waals surface area contributed by atoms with Crippen LogP contribution in [0.4, 0.5) is 0 Å². The Bertz CT molecular complexity index is 557. The maximum absolute atomic E-state index is 12.4. The Morgan fingerprint density at radius 1 is 0.875 bits per heavy atom. The van der Waals surface area contributed by atoms with E-state index in [-0.39, 0.29) is 0 Å². The van der Waals surface area contributed by atoms with E-state index in [1.54, 1.807) is 48.5 Å². The second-order valence-electron chi connectivity index (χ2n) is 3.61. The molecule has 0 aromatic heterocycles. The predicted molar refractivity (Wildman–Crippen MR) is 60.9 cm³/mol. The van der Waals surface area contributed by atoms with Gasteiger partial charge in [-0.3, -0.25) is 0 Å². The fourth-order valence-corrected chi connectivity index (χ4v) is 5.35. The number of ether oxygens (including phenoxy) is 1. The maximum atomic E-state index is 12.4. The van der Waals surface area contributed by atoms with E-state index in [1.807, 2.05) is 0 Å². The van der Waals surface area contributed by atoms with E-state index in [0.717, 1.165) is 0 Å². The molecule has 16 heavy (non-hydrogen) atoms. The summed E-state index contributed by atoms with van der Waals surface area (Å²) in [5, 5.41) is 0. The summed E-state index contributed by atoms with van der Waals surface area (Å²) in [6.45, 7) is 0. The first kappa shape index (κ1) is 9.76. The molecule has 0 saturated heterocycles. The van der Waals surface area contributed by atoms with Gasteiger partial charge in [0.05, 0.1) is 0 Å². The molecule has 2 aromatic rings. The van der Waals surface area contributed by atoms with Gasteiger partial charge in [0.2, 0.25) is 0 Å². The first-order chi connectivity index (χ1) is 7.69. The van der Waals surface area contributed by atoms with Crippen molar-refractivity contribution in [2.45, 2.75) is 0 Å². The zero-order valence-corrected chi connectivity index (χ0v) is 10.2. The summed E-state index contributed by atoms with van der Waals surface area (Å²) in [5.41, 5.74) is 0. The molecule has 0 saturated carbocycles. The zero-order chi connectivity index (χ0) is 11.2. The quantitative estimate of drug-likeness (QED) is 0.723. The molecule has 1 aliphatic rings. The minimum atomic E-state index is -4.18. The van der Waals surface area contributed by atoms with Crippen LogP contribution >= 0.6 is 0 Å². The van der Waals surface area contributed by atoms with E-state index in [0.29, 0.717) is 20.2 Å². The van der Waals surface area contributed by atoms with E-state index in [1.165, 1.54) is 0 Å². The molecule has 0 amide bonds. The van der Waals surface area contributed by atoms with Crippen molar-refractivity contribution in [2.75, 3.05) is 0 Å². The summed E-state index contributed by atoms with van der Waals surface area (Å²) in [7, 11) is 0. The van der Waals surface area contributed by atoms with Gasteiger partial charge in [-0.1, -0.05) is 0 Å². The SMILES string of the molecule is O=[As]1(O)c2ccccc2Oc2ccccc21. The normalized spacial score (nSPS) is 15.8. The Labute approximate surface area is 95.3 Å². The van der Waals surface area contributed by atoms with Crippen LogP contribution in [0, 0.1) is 0 Å². The van der Waals surface area contributed by atoms with E-state index in [4.69, 9.17) is 4.74 Å². The summed E-state index contributed by atoms with van der Waals surface area (Å²) >= 11 is -4.18. The fraction of sp³-hybridized carbons (Fsp3) is 0. The molecule has 0 bridgehead atoms. The average Bonchev–Trinajstić information content (AvgIpc) is 2.29. The molecule has 0 radical (unpaired) electrons. The van der Waals surface area contributed by atoms with Crippen molar-refractivity contribution < 1.29 is 12.6 Å². The van der Waals surface area contributed by atoms with Gasteiger partial charge in [-0.25, -0.2) is 0 Å². The Balaban J connectivity index is 2.33. The topological polar surface area (TPSA) is 46.5 Å². The second-order valence-corrected chi connectivity index (χ2v) is 8.05. The van der Waals surface area contributed by atoms with Gasteiger partial charge >= 0.3 is 95.1 Å². The molecule has 4 heteroatoms. The standard InChI is InChI=1S/C12H9AsO3/c14-13(15)9-5-1-3-7-11(9)16-12-8-4-2-6-10(12)13/h1-8H,(H,14,15). The molecule has 0 spiro atoms. The van der Waals surface area contributed by atoms with E-state index in [2.05, 4.69) is 0 Å². The van der Waals surface area contributed by atoms with Gasteiger partial charge in [-0.2, -0.15) is 0 Å². The molecule has 1 heterocycles. The minimum absolute atomic E-state index is 0.430. The second kappa shape index (κ2) is 3.27. The number of benzene rings is 2. The number of fused-ring (bicyclic) bond motifs is 2. The zero-order valence-electron chi connectivity index (χ0n) is 8.33. The summed E-state index contributed by atoms with van der Waals surface area (Å²) < 4.78 is 29.1. The molecular weight excluding hydrogens is 267 g/mol. The Hall–Kier alpha value is -1.44. The molecule has 0 unspecified atom stereocenters. The fourth-order valence-electron chi connectivity index (χ4n) is 1.84. The summed E-state index contributed by atoms with van der Waals surface area (Å²) in [4.78, 5) is 0. The van der Waals surface area contributed by atoms with Crippen LogP contribution in [-0.4, -0.2) is 17.9 Å². The van der Waals surface area contributed by atoms with Gasteiger partial charge < -0.3 is 0 Å². The molecule has 0 aliphatic carbocycles. The van der Waals surface area contributed by atoms with Crippen molar-refractivity contribution >= 4 is 22.5 Å². The van der Waals surface area contributed by atoms with Crippen molar-refractivity contribution in [1.29, 1.82) is 0 Å². The predicted octanol–water partition coefficient (Wildman–Crippen LogP) is 0.771. The van der Waals surface area contributed by atoms with E-state index < -0.39 is 13.8 Å². The summed E-state index contributed by atoms with van der Waals surface area (Å²) in [5.74, 6) is 0.984. The van der Waals surface area contributed by atoms with Crippen molar-refractivity contribution in [3.05, 3.63) is 48.5 Å². The molecule has 80 valence electrons. The molecule has 1 aliphatic heterocycles. The van der Waals surface area contributed by atoms with Crippen molar-refractivity contribution in [3.63, 3.8) is 0 Å². The van der Waals surface area contributed by atoms with Crippen molar-refractivity contribution in [1.82, 2.24) is 0 Å². The van der Waals surface area contributed by atoms with E-state index in [9.17, 15) is 7.84 Å². The van der Waals surface area contributed by atoms with Crippen LogP contribution in [-0.2, 0) is 3.74 Å². The van der Waals surface area contributed by atoms with Gasteiger partial charge in [0.15, 0.2) is 0 Å². The molecular formula is C12H9AsO3. The first-order valence-corrected chi connectivity index (χ1v) is 8.37. The Kier molecular flexibility index (Phi) is 2.00. The molecule has 0 atom stereocenters. The van der Waals surface area contributed by atoms with Crippen molar-refractivity contribution in [3.8, 4) is 11.5 Å². The van der Waals surface area contributed by atoms with Gasteiger partial charge in [-0.15, -0.1) is 0 Å². The van der Waals surface area contributed by atoms with Crippen LogP contribution in [0.3, 0.4) is 0 Å².